The van der Waals surface area contributed by atoms with Crippen molar-refractivity contribution < 1.29 is 18.0 Å². The van der Waals surface area contributed by atoms with Crippen molar-refractivity contribution in [1.29, 1.82) is 0 Å². The molecule has 0 bridgehead atoms. The van der Waals surface area contributed by atoms with Gasteiger partial charge in [0.1, 0.15) is 12.6 Å². The quantitative estimate of drug-likeness (QED) is 0.546. The number of halogens is 1. The molecule has 0 radical (unpaired) electrons. The van der Waals surface area contributed by atoms with Gasteiger partial charge in [0.05, 0.1) is 11.9 Å². The van der Waals surface area contributed by atoms with Gasteiger partial charge in [0.25, 0.3) is 0 Å². The van der Waals surface area contributed by atoms with Crippen molar-refractivity contribution in [3.05, 3.63) is 64.7 Å². The first-order valence-corrected chi connectivity index (χ1v) is 13.0. The molecular weight excluding hydrogens is 462 g/mol. The molecule has 1 N–H and O–H groups in total. The highest BCUT2D eigenvalue weighted by atomic mass is 35.5. The number of para-hydroxylation sites is 1. The SMILES string of the molecule is CCC(C)NC(=O)C(C)N(Cc1cccc(Cl)c1)C(=O)CN(c1ccccc1C)S(C)(=O)=O. The average molecular weight is 494 g/mol. The summed E-state index contributed by atoms with van der Waals surface area (Å²) >= 11 is 6.11. The Balaban J connectivity index is 2.40. The molecule has 0 aliphatic rings. The Labute approximate surface area is 201 Å². The maximum atomic E-state index is 13.5. The lowest BCUT2D eigenvalue weighted by atomic mass is 10.1. The number of nitrogens with zero attached hydrogens (tertiary/aromatic N) is 2. The second kappa shape index (κ2) is 11.5. The minimum atomic E-state index is -3.75. The Bertz CT molecular complexity index is 1090. The van der Waals surface area contributed by atoms with Crippen molar-refractivity contribution in [3.63, 3.8) is 0 Å². The molecule has 0 aromatic heterocycles. The maximum Gasteiger partial charge on any atom is 0.244 e. The Morgan fingerprint density at radius 2 is 1.76 bits per heavy atom. The van der Waals surface area contributed by atoms with Crippen LogP contribution in [-0.4, -0.2) is 50.0 Å². The second-order valence-corrected chi connectivity index (χ2v) is 10.5. The van der Waals surface area contributed by atoms with Crippen LogP contribution in [0.2, 0.25) is 5.02 Å². The number of sulfonamides is 1. The van der Waals surface area contributed by atoms with Crippen molar-refractivity contribution in [2.24, 2.45) is 0 Å². The zero-order valence-electron chi connectivity index (χ0n) is 19.7. The summed E-state index contributed by atoms with van der Waals surface area (Å²) in [5, 5.41) is 3.40. The maximum absolute atomic E-state index is 13.5. The third-order valence-corrected chi connectivity index (χ3v) is 6.84. The molecule has 2 rings (SSSR count). The molecule has 0 spiro atoms. The summed E-state index contributed by atoms with van der Waals surface area (Å²) in [5.74, 6) is -0.794. The van der Waals surface area contributed by atoms with E-state index in [9.17, 15) is 18.0 Å². The Morgan fingerprint density at radius 3 is 2.33 bits per heavy atom. The first kappa shape index (κ1) is 26.7. The lowest BCUT2D eigenvalue weighted by molar-refractivity contribution is -0.139. The number of anilines is 1. The summed E-state index contributed by atoms with van der Waals surface area (Å²) in [5.41, 5.74) is 1.88. The summed E-state index contributed by atoms with van der Waals surface area (Å²) in [6.45, 7) is 6.95. The van der Waals surface area contributed by atoms with Gasteiger partial charge in [-0.15, -0.1) is 0 Å². The molecule has 9 heteroatoms. The van der Waals surface area contributed by atoms with E-state index in [1.807, 2.05) is 13.8 Å². The molecule has 7 nitrogen and oxygen atoms in total. The van der Waals surface area contributed by atoms with Crippen molar-refractivity contribution in [1.82, 2.24) is 10.2 Å². The summed E-state index contributed by atoms with van der Waals surface area (Å²) < 4.78 is 26.3. The Morgan fingerprint density at radius 1 is 1.09 bits per heavy atom. The zero-order valence-corrected chi connectivity index (χ0v) is 21.3. The predicted molar refractivity (Wildman–Crippen MR) is 133 cm³/mol. The number of carbonyl (C=O) groups is 2. The van der Waals surface area contributed by atoms with E-state index < -0.39 is 28.5 Å². The molecule has 0 fully saturated rings. The van der Waals surface area contributed by atoms with Gasteiger partial charge in [0.15, 0.2) is 0 Å². The average Bonchev–Trinajstić information content (AvgIpc) is 2.75. The van der Waals surface area contributed by atoms with Gasteiger partial charge in [-0.2, -0.15) is 0 Å². The fraction of sp³-hybridized carbons (Fsp3) is 0.417. The molecular formula is C24H32ClN3O4S. The largest absolute Gasteiger partial charge is 0.352 e. The number of aryl methyl sites for hydroxylation is 1. The highest BCUT2D eigenvalue weighted by Gasteiger charge is 2.30. The van der Waals surface area contributed by atoms with Crippen LogP contribution in [0.5, 0.6) is 0 Å². The van der Waals surface area contributed by atoms with Crippen LogP contribution in [0, 0.1) is 6.92 Å². The topological polar surface area (TPSA) is 86.8 Å². The van der Waals surface area contributed by atoms with Crippen LogP contribution in [0.3, 0.4) is 0 Å². The van der Waals surface area contributed by atoms with Crippen LogP contribution in [0.1, 0.15) is 38.3 Å². The molecule has 2 aromatic rings. The lowest BCUT2D eigenvalue weighted by Gasteiger charge is -2.32. The Hall–Kier alpha value is -2.58. The van der Waals surface area contributed by atoms with Crippen LogP contribution < -0.4 is 9.62 Å². The van der Waals surface area contributed by atoms with E-state index in [0.29, 0.717) is 10.7 Å². The molecule has 2 aromatic carbocycles. The number of benzene rings is 2. The van der Waals surface area contributed by atoms with E-state index >= 15 is 0 Å². The van der Waals surface area contributed by atoms with Gasteiger partial charge < -0.3 is 10.2 Å². The van der Waals surface area contributed by atoms with Crippen molar-refractivity contribution in [2.75, 3.05) is 17.1 Å². The number of amides is 2. The first-order valence-electron chi connectivity index (χ1n) is 10.8. The molecule has 2 atom stereocenters. The van der Waals surface area contributed by atoms with E-state index in [0.717, 1.165) is 28.1 Å². The van der Waals surface area contributed by atoms with Gasteiger partial charge in [-0.1, -0.05) is 48.9 Å². The standard InChI is InChI=1S/C24H32ClN3O4S/c1-6-18(3)26-24(30)19(4)27(15-20-11-9-12-21(25)14-20)23(29)16-28(33(5,31)32)22-13-8-7-10-17(22)2/h7-14,18-19H,6,15-16H2,1-5H3,(H,26,30). The van der Waals surface area contributed by atoms with Gasteiger partial charge in [-0.25, -0.2) is 8.42 Å². The van der Waals surface area contributed by atoms with Crippen LogP contribution in [0.4, 0.5) is 5.69 Å². The predicted octanol–water partition coefficient (Wildman–Crippen LogP) is 3.75. The van der Waals surface area contributed by atoms with E-state index in [-0.39, 0.29) is 18.5 Å². The van der Waals surface area contributed by atoms with Gasteiger partial charge in [-0.3, -0.25) is 13.9 Å². The van der Waals surface area contributed by atoms with Crippen LogP contribution in [0.15, 0.2) is 48.5 Å². The molecule has 2 amide bonds. The molecule has 2 unspecified atom stereocenters. The van der Waals surface area contributed by atoms with Gasteiger partial charge in [0.2, 0.25) is 21.8 Å². The normalized spacial score (nSPS) is 13.2. The molecule has 33 heavy (non-hydrogen) atoms. The highest BCUT2D eigenvalue weighted by Crippen LogP contribution is 2.23. The van der Waals surface area contributed by atoms with Gasteiger partial charge in [-0.05, 0) is 56.5 Å². The molecule has 0 aliphatic heterocycles. The molecule has 0 heterocycles. The van der Waals surface area contributed by atoms with Crippen molar-refractivity contribution in [3.8, 4) is 0 Å². The molecule has 0 aliphatic carbocycles. The monoisotopic (exact) mass is 493 g/mol. The van der Waals surface area contributed by atoms with Gasteiger partial charge in [0, 0.05) is 17.6 Å². The van der Waals surface area contributed by atoms with Crippen LogP contribution in [0.25, 0.3) is 0 Å². The summed E-state index contributed by atoms with van der Waals surface area (Å²) in [7, 11) is -3.75. The van der Waals surface area contributed by atoms with Gasteiger partial charge >= 0.3 is 0 Å². The minimum absolute atomic E-state index is 0.0532. The smallest absolute Gasteiger partial charge is 0.244 e. The second-order valence-electron chi connectivity index (χ2n) is 8.20. The Kier molecular flexibility index (Phi) is 9.31. The van der Waals surface area contributed by atoms with E-state index in [2.05, 4.69) is 5.32 Å². The first-order chi connectivity index (χ1) is 15.4. The summed E-state index contributed by atoms with van der Waals surface area (Å²) in [4.78, 5) is 27.7. The van der Waals surface area contributed by atoms with E-state index in [1.54, 1.807) is 62.4 Å². The highest BCUT2D eigenvalue weighted by molar-refractivity contribution is 7.92. The van der Waals surface area contributed by atoms with Crippen molar-refractivity contribution >= 4 is 39.1 Å². The number of rotatable bonds is 10. The summed E-state index contributed by atoms with van der Waals surface area (Å²) in [6.07, 6.45) is 1.81. The summed E-state index contributed by atoms with van der Waals surface area (Å²) in [6, 6.07) is 13.1. The number of nitrogens with one attached hydrogen (secondary N) is 1. The fourth-order valence-electron chi connectivity index (χ4n) is 3.32. The third-order valence-electron chi connectivity index (χ3n) is 5.47. The molecule has 180 valence electrons. The number of hydrogen-bond donors (Lipinski definition) is 1. The minimum Gasteiger partial charge on any atom is -0.352 e. The fourth-order valence-corrected chi connectivity index (χ4v) is 4.44. The lowest BCUT2D eigenvalue weighted by Crippen LogP contribution is -2.52. The van der Waals surface area contributed by atoms with E-state index in [4.69, 9.17) is 11.6 Å². The van der Waals surface area contributed by atoms with Crippen LogP contribution >= 0.6 is 11.6 Å². The van der Waals surface area contributed by atoms with Crippen molar-refractivity contribution in [2.45, 2.75) is 52.7 Å². The molecule has 0 saturated carbocycles. The number of carbonyl (C=O) groups excluding carboxylic acids is 2. The zero-order chi connectivity index (χ0) is 24.8. The van der Waals surface area contributed by atoms with Crippen LogP contribution in [-0.2, 0) is 26.2 Å². The molecule has 0 saturated heterocycles. The van der Waals surface area contributed by atoms with E-state index in [1.165, 1.54) is 4.90 Å². The third kappa shape index (κ3) is 7.47. The number of hydrogen-bond acceptors (Lipinski definition) is 4.